The van der Waals surface area contributed by atoms with Crippen molar-refractivity contribution in [3.8, 4) is 11.5 Å². The number of benzene rings is 1. The summed E-state index contributed by atoms with van der Waals surface area (Å²) in [5.41, 5.74) is 1.07. The molecule has 1 heterocycles. The Kier molecular flexibility index (Phi) is 6.86. The first-order valence-corrected chi connectivity index (χ1v) is 8.49. The van der Waals surface area contributed by atoms with Crippen LogP contribution in [0.1, 0.15) is 18.9 Å². The predicted molar refractivity (Wildman–Crippen MR) is 95.8 cm³/mol. The fourth-order valence-corrected chi connectivity index (χ4v) is 2.84. The summed E-state index contributed by atoms with van der Waals surface area (Å²) < 4.78 is 11.0. The topological polar surface area (TPSA) is 59.1 Å². The first kappa shape index (κ1) is 18.8. The van der Waals surface area contributed by atoms with E-state index < -0.39 is 0 Å². The molecule has 25 heavy (non-hydrogen) atoms. The molecule has 1 aromatic rings. The van der Waals surface area contributed by atoms with E-state index in [-0.39, 0.29) is 18.4 Å². The van der Waals surface area contributed by atoms with Gasteiger partial charge in [0, 0.05) is 33.1 Å². The van der Waals surface area contributed by atoms with Gasteiger partial charge in [-0.15, -0.1) is 6.58 Å². The Morgan fingerprint density at radius 2 is 1.88 bits per heavy atom. The molecule has 0 aromatic heterocycles. The van der Waals surface area contributed by atoms with E-state index in [0.29, 0.717) is 37.7 Å². The highest BCUT2D eigenvalue weighted by atomic mass is 16.5. The van der Waals surface area contributed by atoms with Gasteiger partial charge in [-0.3, -0.25) is 9.59 Å². The molecular weight excluding hydrogens is 320 g/mol. The summed E-state index contributed by atoms with van der Waals surface area (Å²) in [5.74, 6) is 1.12. The normalized spacial score (nSPS) is 14.6. The second-order valence-electron chi connectivity index (χ2n) is 6.01. The van der Waals surface area contributed by atoms with Gasteiger partial charge < -0.3 is 19.3 Å². The second kappa shape index (κ2) is 9.11. The van der Waals surface area contributed by atoms with Crippen LogP contribution < -0.4 is 9.47 Å². The Morgan fingerprint density at radius 3 is 2.56 bits per heavy atom. The number of nitrogens with zero attached hydrogens (tertiary/aromatic N) is 2. The number of methoxy groups -OCH3 is 1. The van der Waals surface area contributed by atoms with Gasteiger partial charge in [0.05, 0.1) is 7.11 Å². The third kappa shape index (κ3) is 5.24. The van der Waals surface area contributed by atoms with Crippen LogP contribution in [0.3, 0.4) is 0 Å². The minimum atomic E-state index is -0.0809. The van der Waals surface area contributed by atoms with Crippen molar-refractivity contribution in [3.63, 3.8) is 0 Å². The van der Waals surface area contributed by atoms with E-state index >= 15 is 0 Å². The van der Waals surface area contributed by atoms with Crippen LogP contribution in [-0.4, -0.2) is 61.5 Å². The molecule has 2 rings (SSSR count). The Hall–Kier alpha value is -2.50. The number of rotatable bonds is 6. The lowest BCUT2D eigenvalue weighted by Crippen LogP contribution is -2.38. The molecule has 6 nitrogen and oxygen atoms in total. The van der Waals surface area contributed by atoms with Crippen LogP contribution in [0.15, 0.2) is 30.9 Å². The van der Waals surface area contributed by atoms with Crippen LogP contribution in [0.4, 0.5) is 0 Å². The Labute approximate surface area is 149 Å². The number of hydrogen-bond donors (Lipinski definition) is 0. The van der Waals surface area contributed by atoms with E-state index in [2.05, 4.69) is 6.58 Å². The highest BCUT2D eigenvalue weighted by Crippen LogP contribution is 2.28. The molecule has 1 saturated heterocycles. The quantitative estimate of drug-likeness (QED) is 0.738. The van der Waals surface area contributed by atoms with Crippen molar-refractivity contribution in [2.45, 2.75) is 19.8 Å². The average Bonchev–Trinajstić information content (AvgIpc) is 2.86. The zero-order valence-corrected chi connectivity index (χ0v) is 15.0. The van der Waals surface area contributed by atoms with Crippen molar-refractivity contribution in [3.05, 3.63) is 36.4 Å². The third-order valence-corrected chi connectivity index (χ3v) is 4.25. The monoisotopic (exact) mass is 346 g/mol. The molecule has 0 saturated carbocycles. The van der Waals surface area contributed by atoms with Crippen molar-refractivity contribution >= 4 is 11.8 Å². The molecule has 136 valence electrons. The third-order valence-electron chi connectivity index (χ3n) is 4.25. The Balaban J connectivity index is 1.93. The zero-order valence-electron chi connectivity index (χ0n) is 15.0. The van der Waals surface area contributed by atoms with E-state index in [1.165, 1.54) is 0 Å². The van der Waals surface area contributed by atoms with Crippen molar-refractivity contribution in [2.75, 3.05) is 39.9 Å². The van der Waals surface area contributed by atoms with E-state index in [1.807, 2.05) is 24.3 Å². The average molecular weight is 346 g/mol. The van der Waals surface area contributed by atoms with Crippen LogP contribution in [-0.2, 0) is 16.0 Å². The molecule has 1 fully saturated rings. The number of hydrogen-bond acceptors (Lipinski definition) is 4. The van der Waals surface area contributed by atoms with Gasteiger partial charge in [0.1, 0.15) is 0 Å². The maximum Gasteiger partial charge on any atom is 0.260 e. The Bertz CT molecular complexity index is 630. The molecule has 6 heteroatoms. The van der Waals surface area contributed by atoms with Crippen LogP contribution >= 0.6 is 0 Å². The molecule has 0 unspecified atom stereocenters. The molecule has 1 aromatic carbocycles. The van der Waals surface area contributed by atoms with E-state index in [0.717, 1.165) is 18.4 Å². The summed E-state index contributed by atoms with van der Waals surface area (Å²) in [6, 6.07) is 5.63. The number of carbonyl (C=O) groups is 2. The van der Waals surface area contributed by atoms with Crippen molar-refractivity contribution < 1.29 is 19.1 Å². The molecule has 0 atom stereocenters. The standard InChI is InChI=1S/C19H26N2O4/c1-4-6-16-7-8-17(18(13-16)24-3)25-14-19(23)21-10-5-9-20(11-12-21)15(2)22/h4,7-8,13H,1,5-6,9-12,14H2,2-3H3. The van der Waals surface area contributed by atoms with Crippen molar-refractivity contribution in [1.29, 1.82) is 0 Å². The minimum absolute atomic E-state index is 0.0444. The first-order valence-electron chi connectivity index (χ1n) is 8.49. The van der Waals surface area contributed by atoms with Crippen LogP contribution in [0.25, 0.3) is 0 Å². The van der Waals surface area contributed by atoms with Crippen molar-refractivity contribution in [1.82, 2.24) is 9.80 Å². The molecule has 1 aliphatic rings. The lowest BCUT2D eigenvalue weighted by molar-refractivity contribution is -0.134. The van der Waals surface area contributed by atoms with Crippen LogP contribution in [0.2, 0.25) is 0 Å². The maximum absolute atomic E-state index is 12.4. The Morgan fingerprint density at radius 1 is 1.16 bits per heavy atom. The molecule has 0 N–H and O–H groups in total. The second-order valence-corrected chi connectivity index (χ2v) is 6.01. The SMILES string of the molecule is C=CCc1ccc(OCC(=O)N2CCCN(C(C)=O)CC2)c(OC)c1. The van der Waals surface area contributed by atoms with E-state index in [4.69, 9.17) is 9.47 Å². The number of carbonyl (C=O) groups excluding carboxylic acids is 2. The first-order chi connectivity index (χ1) is 12.0. The van der Waals surface area contributed by atoms with Gasteiger partial charge in [-0.2, -0.15) is 0 Å². The molecule has 1 aliphatic heterocycles. The molecule has 0 bridgehead atoms. The molecule has 0 spiro atoms. The van der Waals surface area contributed by atoms with Crippen molar-refractivity contribution in [2.24, 2.45) is 0 Å². The smallest absolute Gasteiger partial charge is 0.260 e. The van der Waals surface area contributed by atoms with Crippen LogP contribution in [0.5, 0.6) is 11.5 Å². The fraction of sp³-hybridized carbons (Fsp3) is 0.474. The van der Waals surface area contributed by atoms with Gasteiger partial charge in [-0.05, 0) is 30.5 Å². The van der Waals surface area contributed by atoms with E-state index in [1.54, 1.807) is 23.8 Å². The number of amides is 2. The largest absolute Gasteiger partial charge is 0.493 e. The summed E-state index contributed by atoms with van der Waals surface area (Å²) >= 11 is 0. The summed E-state index contributed by atoms with van der Waals surface area (Å²) in [4.78, 5) is 27.4. The number of allylic oxidation sites excluding steroid dienone is 1. The summed E-state index contributed by atoms with van der Waals surface area (Å²) in [6.07, 6.45) is 3.35. The van der Waals surface area contributed by atoms with Gasteiger partial charge >= 0.3 is 0 Å². The lowest BCUT2D eigenvalue weighted by Gasteiger charge is -2.21. The van der Waals surface area contributed by atoms with Gasteiger partial charge in [0.25, 0.3) is 5.91 Å². The fourth-order valence-electron chi connectivity index (χ4n) is 2.84. The zero-order chi connectivity index (χ0) is 18.2. The van der Waals surface area contributed by atoms with Crippen LogP contribution in [0, 0.1) is 0 Å². The highest BCUT2D eigenvalue weighted by Gasteiger charge is 2.21. The molecular formula is C19H26N2O4. The van der Waals surface area contributed by atoms with E-state index in [9.17, 15) is 9.59 Å². The van der Waals surface area contributed by atoms with Gasteiger partial charge in [-0.1, -0.05) is 12.1 Å². The molecule has 0 radical (unpaired) electrons. The lowest BCUT2D eigenvalue weighted by atomic mass is 10.1. The highest BCUT2D eigenvalue weighted by molar-refractivity contribution is 5.78. The summed E-state index contributed by atoms with van der Waals surface area (Å²) in [5, 5.41) is 0. The molecule has 2 amide bonds. The van der Waals surface area contributed by atoms with Gasteiger partial charge in [0.2, 0.25) is 5.91 Å². The molecule has 0 aliphatic carbocycles. The van der Waals surface area contributed by atoms with Gasteiger partial charge in [-0.25, -0.2) is 0 Å². The summed E-state index contributed by atoms with van der Waals surface area (Å²) in [7, 11) is 1.58. The maximum atomic E-state index is 12.4. The number of ether oxygens (including phenoxy) is 2. The predicted octanol–water partition coefficient (Wildman–Crippen LogP) is 1.88. The summed E-state index contributed by atoms with van der Waals surface area (Å²) in [6.45, 7) is 7.68. The minimum Gasteiger partial charge on any atom is -0.493 e. The van der Waals surface area contributed by atoms with Gasteiger partial charge in [0.15, 0.2) is 18.1 Å².